The second kappa shape index (κ2) is 6.95. The Bertz CT molecular complexity index is 642. The number of hydrogen-bond donors (Lipinski definition) is 1. The minimum Gasteiger partial charge on any atom is -0.489 e. The molecule has 1 N–H and O–H groups in total. The minimum atomic E-state index is -0.456. The summed E-state index contributed by atoms with van der Waals surface area (Å²) >= 11 is 5.84. The van der Waals surface area contributed by atoms with E-state index in [9.17, 15) is 4.39 Å². The molecule has 0 fully saturated rings. The zero-order valence-corrected chi connectivity index (χ0v) is 11.3. The number of aliphatic hydroxyl groups is 1. The maximum atomic E-state index is 13.3. The average molecular weight is 291 g/mol. The summed E-state index contributed by atoms with van der Waals surface area (Å²) in [6.45, 7) is 0.0224. The van der Waals surface area contributed by atoms with E-state index in [4.69, 9.17) is 21.4 Å². The molecule has 0 aliphatic heterocycles. The van der Waals surface area contributed by atoms with Gasteiger partial charge in [-0.2, -0.15) is 0 Å². The van der Waals surface area contributed by atoms with Crippen LogP contribution in [0.15, 0.2) is 42.5 Å². The molecule has 2 rings (SSSR count). The molecule has 0 heterocycles. The number of benzene rings is 2. The van der Waals surface area contributed by atoms with Gasteiger partial charge in [0.25, 0.3) is 0 Å². The van der Waals surface area contributed by atoms with Gasteiger partial charge in [-0.3, -0.25) is 0 Å². The van der Waals surface area contributed by atoms with Gasteiger partial charge in [0.15, 0.2) is 0 Å². The Morgan fingerprint density at radius 2 is 1.90 bits per heavy atom. The fraction of sp³-hybridized carbons (Fsp3) is 0.125. The third-order valence-corrected chi connectivity index (χ3v) is 3.02. The highest BCUT2D eigenvalue weighted by Crippen LogP contribution is 2.21. The van der Waals surface area contributed by atoms with Crippen LogP contribution in [0.4, 0.5) is 4.39 Å². The van der Waals surface area contributed by atoms with E-state index in [2.05, 4.69) is 11.8 Å². The molecule has 4 heteroatoms. The van der Waals surface area contributed by atoms with Crippen LogP contribution in [0, 0.1) is 17.7 Å². The van der Waals surface area contributed by atoms with Gasteiger partial charge in [-0.1, -0.05) is 35.6 Å². The van der Waals surface area contributed by atoms with Gasteiger partial charge in [-0.15, -0.1) is 0 Å². The summed E-state index contributed by atoms with van der Waals surface area (Å²) in [5, 5.41) is 8.68. The smallest absolute Gasteiger partial charge is 0.142 e. The molecule has 0 atom stereocenters. The number of rotatable bonds is 3. The van der Waals surface area contributed by atoms with Gasteiger partial charge >= 0.3 is 0 Å². The highest BCUT2D eigenvalue weighted by atomic mass is 35.5. The molecule has 102 valence electrons. The first-order chi connectivity index (χ1) is 9.70. The lowest BCUT2D eigenvalue weighted by atomic mass is 10.2. The monoisotopic (exact) mass is 290 g/mol. The van der Waals surface area contributed by atoms with Crippen molar-refractivity contribution in [1.29, 1.82) is 0 Å². The van der Waals surface area contributed by atoms with Crippen molar-refractivity contribution in [2.45, 2.75) is 6.61 Å². The second-order valence-corrected chi connectivity index (χ2v) is 4.36. The van der Waals surface area contributed by atoms with Gasteiger partial charge in [0.2, 0.25) is 0 Å². The van der Waals surface area contributed by atoms with Crippen LogP contribution in [0.2, 0.25) is 5.02 Å². The standard InChI is InChI=1S/C16H12ClFO2/c17-16-13(4-1-5-15(16)18)11-20-14-8-6-12(7-9-14)3-2-10-19/h1,4-9,19H,10-11H2. The largest absolute Gasteiger partial charge is 0.489 e. The summed E-state index contributed by atoms with van der Waals surface area (Å²) in [7, 11) is 0. The van der Waals surface area contributed by atoms with Crippen LogP contribution in [-0.2, 0) is 6.61 Å². The molecule has 0 aliphatic rings. The molecule has 2 nitrogen and oxygen atoms in total. The first kappa shape index (κ1) is 14.4. The Balaban J connectivity index is 2.02. The highest BCUT2D eigenvalue weighted by Gasteiger charge is 2.06. The van der Waals surface area contributed by atoms with Gasteiger partial charge in [-0.05, 0) is 30.3 Å². The molecule has 0 saturated heterocycles. The second-order valence-electron chi connectivity index (χ2n) is 3.99. The molecule has 2 aromatic rings. The molecule has 0 aliphatic carbocycles. The quantitative estimate of drug-likeness (QED) is 0.878. The maximum Gasteiger partial charge on any atom is 0.142 e. The van der Waals surface area contributed by atoms with E-state index >= 15 is 0 Å². The fourth-order valence-corrected chi connectivity index (χ4v) is 1.78. The van der Waals surface area contributed by atoms with Crippen molar-refractivity contribution < 1.29 is 14.2 Å². The van der Waals surface area contributed by atoms with Gasteiger partial charge < -0.3 is 9.84 Å². The van der Waals surface area contributed by atoms with E-state index in [0.29, 0.717) is 11.3 Å². The van der Waals surface area contributed by atoms with E-state index in [1.165, 1.54) is 6.07 Å². The number of halogens is 2. The van der Waals surface area contributed by atoms with Crippen molar-refractivity contribution in [2.75, 3.05) is 6.61 Å². The summed E-state index contributed by atoms with van der Waals surface area (Å²) < 4.78 is 18.8. The zero-order chi connectivity index (χ0) is 14.4. The summed E-state index contributed by atoms with van der Waals surface area (Å²) in [5.74, 6) is 5.53. The van der Waals surface area contributed by atoms with Gasteiger partial charge in [0.05, 0.1) is 5.02 Å². The van der Waals surface area contributed by atoms with Crippen LogP contribution in [0.5, 0.6) is 5.75 Å². The van der Waals surface area contributed by atoms with Gasteiger partial charge in [0, 0.05) is 11.1 Å². The third-order valence-electron chi connectivity index (χ3n) is 2.59. The van der Waals surface area contributed by atoms with Crippen LogP contribution in [0.1, 0.15) is 11.1 Å². The molecule has 2 aromatic carbocycles. The highest BCUT2D eigenvalue weighted by molar-refractivity contribution is 6.31. The third kappa shape index (κ3) is 3.74. The van der Waals surface area contributed by atoms with Gasteiger partial charge in [0.1, 0.15) is 24.8 Å². The molecule has 20 heavy (non-hydrogen) atoms. The molecule has 0 aromatic heterocycles. The first-order valence-corrected chi connectivity index (χ1v) is 6.34. The lowest BCUT2D eigenvalue weighted by molar-refractivity contribution is 0.305. The number of hydrogen-bond acceptors (Lipinski definition) is 2. The van der Waals surface area contributed by atoms with Crippen molar-refractivity contribution >= 4 is 11.6 Å². The summed E-state index contributed by atoms with van der Waals surface area (Å²) in [5.41, 5.74) is 1.38. The lowest BCUT2D eigenvalue weighted by Crippen LogP contribution is -1.97. The summed E-state index contributed by atoms with van der Waals surface area (Å²) in [6.07, 6.45) is 0. The van der Waals surface area contributed by atoms with Crippen molar-refractivity contribution in [1.82, 2.24) is 0 Å². The number of aliphatic hydroxyl groups excluding tert-OH is 1. The topological polar surface area (TPSA) is 29.5 Å². The predicted octanol–water partition coefficient (Wildman–Crippen LogP) is 3.40. The van der Waals surface area contributed by atoms with E-state index in [-0.39, 0.29) is 18.2 Å². The normalized spacial score (nSPS) is 9.75. The lowest BCUT2D eigenvalue weighted by Gasteiger charge is -2.08. The molecule has 0 bridgehead atoms. The van der Waals surface area contributed by atoms with E-state index in [1.54, 1.807) is 36.4 Å². The molecule has 0 amide bonds. The van der Waals surface area contributed by atoms with Crippen molar-refractivity contribution in [2.24, 2.45) is 0 Å². The van der Waals surface area contributed by atoms with Crippen molar-refractivity contribution in [3.63, 3.8) is 0 Å². The molecule has 0 radical (unpaired) electrons. The zero-order valence-electron chi connectivity index (χ0n) is 10.6. The molecule has 0 spiro atoms. The summed E-state index contributed by atoms with van der Waals surface area (Å²) in [6, 6.07) is 11.7. The fourth-order valence-electron chi connectivity index (χ4n) is 1.60. The van der Waals surface area contributed by atoms with E-state index < -0.39 is 5.82 Å². The van der Waals surface area contributed by atoms with Gasteiger partial charge in [-0.25, -0.2) is 4.39 Å². The van der Waals surface area contributed by atoms with Crippen LogP contribution < -0.4 is 4.74 Å². The maximum absolute atomic E-state index is 13.3. The van der Waals surface area contributed by atoms with Crippen molar-refractivity contribution in [3.05, 3.63) is 64.4 Å². The average Bonchev–Trinajstić information content (AvgIpc) is 2.48. The minimum absolute atomic E-state index is 0.0814. The summed E-state index contributed by atoms with van der Waals surface area (Å²) in [4.78, 5) is 0. The number of ether oxygens (including phenoxy) is 1. The molecular weight excluding hydrogens is 279 g/mol. The SMILES string of the molecule is OCC#Cc1ccc(OCc2cccc(F)c2Cl)cc1. The van der Waals surface area contributed by atoms with Crippen LogP contribution in [-0.4, -0.2) is 11.7 Å². The Morgan fingerprint density at radius 3 is 2.60 bits per heavy atom. The van der Waals surface area contributed by atoms with E-state index in [0.717, 1.165) is 5.56 Å². The Hall–Kier alpha value is -2.02. The van der Waals surface area contributed by atoms with Crippen LogP contribution >= 0.6 is 11.6 Å². The van der Waals surface area contributed by atoms with Crippen LogP contribution in [0.3, 0.4) is 0 Å². The molecular formula is C16H12ClFO2. The predicted molar refractivity (Wildman–Crippen MR) is 76.1 cm³/mol. The first-order valence-electron chi connectivity index (χ1n) is 5.96. The molecule has 0 unspecified atom stereocenters. The van der Waals surface area contributed by atoms with E-state index in [1.807, 2.05) is 0 Å². The molecule has 0 saturated carbocycles. The Labute approximate surface area is 121 Å². The Morgan fingerprint density at radius 1 is 1.15 bits per heavy atom. The van der Waals surface area contributed by atoms with Crippen molar-refractivity contribution in [3.8, 4) is 17.6 Å². The Kier molecular flexibility index (Phi) is 5.00. The van der Waals surface area contributed by atoms with Crippen LogP contribution in [0.25, 0.3) is 0 Å².